The highest BCUT2D eigenvalue weighted by molar-refractivity contribution is 5.99. The van der Waals surface area contributed by atoms with Gasteiger partial charge in [0, 0.05) is 41.1 Å². The molecule has 7 nitrogen and oxygen atoms in total. The van der Waals surface area contributed by atoms with Crippen molar-refractivity contribution >= 4 is 27.8 Å². The highest BCUT2D eigenvalue weighted by atomic mass is 19.1. The normalized spacial score (nSPS) is 20.3. The molecule has 0 radical (unpaired) electrons. The van der Waals surface area contributed by atoms with Gasteiger partial charge in [0.1, 0.15) is 5.82 Å². The van der Waals surface area contributed by atoms with Crippen LogP contribution in [0.1, 0.15) is 62.3 Å². The predicted molar refractivity (Wildman–Crippen MR) is 135 cm³/mol. The zero-order valence-electron chi connectivity index (χ0n) is 20.9. The molecule has 0 aliphatic heterocycles. The summed E-state index contributed by atoms with van der Waals surface area (Å²) >= 11 is 0. The number of hydrogen-bond donors (Lipinski definition) is 2. The van der Waals surface area contributed by atoms with E-state index in [0.717, 1.165) is 38.8 Å². The average Bonchev–Trinajstić information content (AvgIpc) is 3.55. The monoisotopic (exact) mass is 488 g/mol. The maximum absolute atomic E-state index is 14.3. The molecule has 0 unspecified atom stereocenters. The van der Waals surface area contributed by atoms with E-state index in [1.165, 1.54) is 13.2 Å². The summed E-state index contributed by atoms with van der Waals surface area (Å²) in [6, 6.07) is 11.5. The first-order valence-corrected chi connectivity index (χ1v) is 12.1. The van der Waals surface area contributed by atoms with Crippen LogP contribution in [-0.2, 0) is 14.9 Å². The molecule has 0 bridgehead atoms. The zero-order chi connectivity index (χ0) is 25.8. The van der Waals surface area contributed by atoms with E-state index in [-0.39, 0.29) is 18.2 Å². The standard InChI is InChI=1S/C28H29FN4O3/c1-16-11-19(5-6-21(16)29)33-23-12-18-15-31-32-22(18)13-20(23)24(25(33)27(2,3)9-10-30)17-7-8-28(14-17,36-4)26(34)35/h5-6,11-13,15,17H,7-9,14H2,1-4H3,(H,31,32)(H,34,35)/t17-,28+/m1/s1. The number of carbonyl (C=O) groups is 1. The van der Waals surface area contributed by atoms with Gasteiger partial charge in [-0.3, -0.25) is 5.10 Å². The Morgan fingerprint density at radius 3 is 2.81 bits per heavy atom. The van der Waals surface area contributed by atoms with Gasteiger partial charge >= 0.3 is 5.97 Å². The van der Waals surface area contributed by atoms with Gasteiger partial charge in [-0.25, -0.2) is 9.18 Å². The molecule has 36 heavy (non-hydrogen) atoms. The molecule has 2 aromatic heterocycles. The summed E-state index contributed by atoms with van der Waals surface area (Å²) in [7, 11) is 1.45. The molecule has 2 aromatic carbocycles. The third kappa shape index (κ3) is 3.58. The number of aliphatic carboxylic acids is 1. The average molecular weight is 489 g/mol. The number of ether oxygens (including phenoxy) is 1. The highest BCUT2D eigenvalue weighted by Gasteiger charge is 2.48. The van der Waals surface area contributed by atoms with E-state index in [0.29, 0.717) is 24.8 Å². The van der Waals surface area contributed by atoms with Crippen LogP contribution >= 0.6 is 0 Å². The number of carboxylic acid groups (broad SMARTS) is 1. The van der Waals surface area contributed by atoms with Crippen LogP contribution in [-0.4, -0.2) is 38.6 Å². The van der Waals surface area contributed by atoms with Crippen molar-refractivity contribution in [3.63, 3.8) is 0 Å². The number of benzene rings is 2. The summed E-state index contributed by atoms with van der Waals surface area (Å²) in [5, 5.41) is 28.9. The fourth-order valence-electron chi connectivity index (χ4n) is 5.87. The number of nitrogens with zero attached hydrogens (tertiary/aromatic N) is 3. The summed E-state index contributed by atoms with van der Waals surface area (Å²) in [6.45, 7) is 5.80. The largest absolute Gasteiger partial charge is 0.479 e. The predicted octanol–water partition coefficient (Wildman–Crippen LogP) is 5.88. The first-order valence-electron chi connectivity index (χ1n) is 12.1. The zero-order valence-corrected chi connectivity index (χ0v) is 20.9. The molecule has 8 heteroatoms. The molecule has 0 spiro atoms. The number of aryl methyl sites for hydroxylation is 1. The van der Waals surface area contributed by atoms with Gasteiger partial charge in [-0.2, -0.15) is 10.4 Å². The fraction of sp³-hybridized carbons (Fsp3) is 0.393. The number of methoxy groups -OCH3 is 1. The van der Waals surface area contributed by atoms with E-state index in [2.05, 4.69) is 33.0 Å². The van der Waals surface area contributed by atoms with Crippen molar-refractivity contribution in [2.45, 2.75) is 63.4 Å². The Hall–Kier alpha value is -3.70. The number of halogens is 1. The van der Waals surface area contributed by atoms with E-state index < -0.39 is 17.0 Å². The summed E-state index contributed by atoms with van der Waals surface area (Å²) in [5.41, 5.74) is 3.24. The molecular formula is C28H29FN4O3. The highest BCUT2D eigenvalue weighted by Crippen LogP contribution is 2.50. The Labute approximate surface area is 208 Å². The minimum Gasteiger partial charge on any atom is -0.479 e. The third-order valence-electron chi connectivity index (χ3n) is 7.79. The molecule has 2 heterocycles. The summed E-state index contributed by atoms with van der Waals surface area (Å²) < 4.78 is 21.9. The first-order chi connectivity index (χ1) is 17.1. The maximum atomic E-state index is 14.3. The molecule has 1 saturated carbocycles. The summed E-state index contributed by atoms with van der Waals surface area (Å²) in [4.78, 5) is 12.2. The van der Waals surface area contributed by atoms with Gasteiger partial charge in [-0.1, -0.05) is 13.8 Å². The number of hydrogen-bond acceptors (Lipinski definition) is 4. The minimum absolute atomic E-state index is 0.0975. The number of nitrogens with one attached hydrogen (secondary N) is 1. The molecule has 2 N–H and O–H groups in total. The molecule has 1 aliphatic rings. The second kappa shape index (κ2) is 8.45. The summed E-state index contributed by atoms with van der Waals surface area (Å²) in [5.74, 6) is -1.34. The number of rotatable bonds is 6. The van der Waals surface area contributed by atoms with Crippen molar-refractivity contribution in [3.05, 3.63) is 59.2 Å². The second-order valence-electron chi connectivity index (χ2n) is 10.5. The molecule has 0 saturated heterocycles. The minimum atomic E-state index is -1.25. The number of carboxylic acids is 1. The van der Waals surface area contributed by atoms with Gasteiger partial charge in [0.05, 0.1) is 23.3 Å². The van der Waals surface area contributed by atoms with Gasteiger partial charge in [-0.05, 0) is 73.6 Å². The fourth-order valence-corrected chi connectivity index (χ4v) is 5.87. The van der Waals surface area contributed by atoms with Crippen LogP contribution in [0.15, 0.2) is 36.5 Å². The van der Waals surface area contributed by atoms with Crippen molar-refractivity contribution in [2.75, 3.05) is 7.11 Å². The van der Waals surface area contributed by atoms with Gasteiger partial charge < -0.3 is 14.4 Å². The number of nitriles is 1. The van der Waals surface area contributed by atoms with E-state index >= 15 is 0 Å². The molecule has 5 rings (SSSR count). The molecule has 186 valence electrons. The van der Waals surface area contributed by atoms with Crippen molar-refractivity contribution < 1.29 is 19.0 Å². The van der Waals surface area contributed by atoms with Crippen LogP contribution in [0.25, 0.3) is 27.5 Å². The number of fused-ring (bicyclic) bond motifs is 2. The maximum Gasteiger partial charge on any atom is 0.335 e. The lowest BCUT2D eigenvalue weighted by Gasteiger charge is -2.29. The number of aromatic nitrogens is 3. The Kier molecular flexibility index (Phi) is 5.64. The van der Waals surface area contributed by atoms with Gasteiger partial charge in [0.15, 0.2) is 5.60 Å². The SMILES string of the molecule is CO[C@@]1(C(=O)O)CC[C@@H](c2c(C(C)(C)CC#N)n(-c3ccc(F)c(C)c3)c3cc4cn[nH]c4cc23)C1. The van der Waals surface area contributed by atoms with E-state index in [1.54, 1.807) is 19.2 Å². The Morgan fingerprint density at radius 1 is 1.39 bits per heavy atom. The van der Waals surface area contributed by atoms with E-state index in [1.807, 2.05) is 19.9 Å². The lowest BCUT2D eigenvalue weighted by Crippen LogP contribution is -2.37. The van der Waals surface area contributed by atoms with Crippen molar-refractivity contribution in [1.82, 2.24) is 14.8 Å². The van der Waals surface area contributed by atoms with Gasteiger partial charge in [0.25, 0.3) is 0 Å². The molecule has 2 atom stereocenters. The quantitative estimate of drug-likeness (QED) is 0.353. The Bertz CT molecular complexity index is 1540. The second-order valence-corrected chi connectivity index (χ2v) is 10.5. The lowest BCUT2D eigenvalue weighted by atomic mass is 9.79. The number of H-pyrrole nitrogens is 1. The van der Waals surface area contributed by atoms with Crippen LogP contribution in [0.5, 0.6) is 0 Å². The number of aromatic amines is 1. The molecular weight excluding hydrogens is 459 g/mol. The molecule has 4 aromatic rings. The molecule has 1 aliphatic carbocycles. The topological polar surface area (TPSA) is 104 Å². The van der Waals surface area contributed by atoms with Crippen LogP contribution in [0.4, 0.5) is 4.39 Å². The lowest BCUT2D eigenvalue weighted by molar-refractivity contribution is -0.161. The van der Waals surface area contributed by atoms with Crippen molar-refractivity contribution in [1.29, 1.82) is 5.26 Å². The van der Waals surface area contributed by atoms with Crippen LogP contribution in [0.3, 0.4) is 0 Å². The van der Waals surface area contributed by atoms with Crippen LogP contribution in [0, 0.1) is 24.1 Å². The van der Waals surface area contributed by atoms with Crippen molar-refractivity contribution in [3.8, 4) is 11.8 Å². The molecule has 1 fully saturated rings. The smallest absolute Gasteiger partial charge is 0.335 e. The van der Waals surface area contributed by atoms with E-state index in [4.69, 9.17) is 4.74 Å². The Balaban J connectivity index is 1.88. The first kappa shape index (κ1) is 24.0. The third-order valence-corrected chi connectivity index (χ3v) is 7.79. The summed E-state index contributed by atoms with van der Waals surface area (Å²) in [6.07, 6.45) is 3.39. The van der Waals surface area contributed by atoms with E-state index in [9.17, 15) is 19.6 Å². The van der Waals surface area contributed by atoms with Crippen LogP contribution < -0.4 is 0 Å². The van der Waals surface area contributed by atoms with Gasteiger partial charge in [0.2, 0.25) is 0 Å². The Morgan fingerprint density at radius 2 is 2.17 bits per heavy atom. The van der Waals surface area contributed by atoms with Crippen LogP contribution in [0.2, 0.25) is 0 Å². The molecule has 0 amide bonds. The van der Waals surface area contributed by atoms with Gasteiger partial charge in [-0.15, -0.1) is 0 Å². The van der Waals surface area contributed by atoms with Crippen molar-refractivity contribution in [2.24, 2.45) is 0 Å².